The molecule has 1 aliphatic rings. The maximum atomic E-state index is 13.3. The molecule has 0 radical (unpaired) electrons. The maximum Gasteiger partial charge on any atom is 0.242 e. The van der Waals surface area contributed by atoms with E-state index >= 15 is 0 Å². The second-order valence-electron chi connectivity index (χ2n) is 8.24. The molecule has 1 N–H and O–H groups in total. The Bertz CT molecular complexity index is 877. The van der Waals surface area contributed by atoms with Gasteiger partial charge in [-0.2, -0.15) is 0 Å². The first kappa shape index (κ1) is 22.4. The van der Waals surface area contributed by atoms with Crippen LogP contribution in [0.3, 0.4) is 0 Å². The lowest BCUT2D eigenvalue weighted by Gasteiger charge is -2.31. The third-order valence-corrected chi connectivity index (χ3v) is 6.39. The van der Waals surface area contributed by atoms with Crippen molar-refractivity contribution in [3.8, 4) is 0 Å². The average molecular weight is 427 g/mol. The number of carbonyl (C=O) groups is 2. The first-order chi connectivity index (χ1) is 14.5. The van der Waals surface area contributed by atoms with Crippen molar-refractivity contribution in [3.05, 3.63) is 70.2 Å². The van der Waals surface area contributed by atoms with Gasteiger partial charge in [0.25, 0.3) is 0 Å². The van der Waals surface area contributed by atoms with Crippen LogP contribution < -0.4 is 5.32 Å². The van der Waals surface area contributed by atoms with Crippen molar-refractivity contribution in [1.82, 2.24) is 10.2 Å². The van der Waals surface area contributed by atoms with Crippen LogP contribution in [0, 0.1) is 6.92 Å². The van der Waals surface area contributed by atoms with Crippen LogP contribution in [-0.4, -0.2) is 28.8 Å². The summed E-state index contributed by atoms with van der Waals surface area (Å²) in [7, 11) is 0. The van der Waals surface area contributed by atoms with Gasteiger partial charge in [-0.05, 0) is 49.4 Å². The fraction of sp³-hybridized carbons (Fsp3) is 0.440. The molecule has 0 aliphatic heterocycles. The van der Waals surface area contributed by atoms with Gasteiger partial charge in [0.1, 0.15) is 6.04 Å². The SMILES string of the molecule is Cc1ccccc1CC(=O)N(Cc1ccccc1Cl)[C@H](C)C(=O)NC1CCCCC1. The van der Waals surface area contributed by atoms with Crippen LogP contribution in [0.4, 0.5) is 0 Å². The van der Waals surface area contributed by atoms with Gasteiger partial charge in [0, 0.05) is 17.6 Å². The van der Waals surface area contributed by atoms with Crippen LogP contribution in [0.15, 0.2) is 48.5 Å². The minimum atomic E-state index is -0.570. The fourth-order valence-electron chi connectivity index (χ4n) is 4.03. The Balaban J connectivity index is 1.78. The summed E-state index contributed by atoms with van der Waals surface area (Å²) in [5, 5.41) is 3.77. The molecule has 0 unspecified atom stereocenters. The van der Waals surface area contributed by atoms with Crippen molar-refractivity contribution in [2.75, 3.05) is 0 Å². The predicted octanol–water partition coefficient (Wildman–Crippen LogP) is 5.06. The minimum absolute atomic E-state index is 0.0736. The molecule has 0 spiro atoms. The van der Waals surface area contributed by atoms with Gasteiger partial charge in [0.2, 0.25) is 11.8 Å². The standard InChI is InChI=1S/C25H31ClN2O2/c1-18-10-6-7-11-20(18)16-24(29)28(17-21-12-8-9-15-23(21)26)19(2)25(30)27-22-13-4-3-5-14-22/h6-12,15,19,22H,3-5,13-14,16-17H2,1-2H3,(H,27,30)/t19-/m1/s1. The summed E-state index contributed by atoms with van der Waals surface area (Å²) in [6.07, 6.45) is 5.82. The first-order valence-corrected chi connectivity index (χ1v) is 11.2. The zero-order valence-corrected chi connectivity index (χ0v) is 18.6. The Labute approximate surface area is 184 Å². The smallest absolute Gasteiger partial charge is 0.242 e. The second kappa shape index (κ2) is 10.6. The number of hydrogen-bond donors (Lipinski definition) is 1. The Kier molecular flexibility index (Phi) is 7.92. The third kappa shape index (κ3) is 5.85. The zero-order chi connectivity index (χ0) is 21.5. The van der Waals surface area contributed by atoms with Gasteiger partial charge in [-0.25, -0.2) is 0 Å². The normalized spacial score (nSPS) is 15.4. The number of aryl methyl sites for hydroxylation is 1. The Morgan fingerprint density at radius 2 is 1.67 bits per heavy atom. The Morgan fingerprint density at radius 1 is 1.03 bits per heavy atom. The molecule has 1 aliphatic carbocycles. The molecule has 3 rings (SSSR count). The van der Waals surface area contributed by atoms with Gasteiger partial charge in [0.15, 0.2) is 0 Å². The van der Waals surface area contributed by atoms with E-state index in [2.05, 4.69) is 5.32 Å². The molecule has 0 bridgehead atoms. The highest BCUT2D eigenvalue weighted by molar-refractivity contribution is 6.31. The number of hydrogen-bond acceptors (Lipinski definition) is 2. The summed E-state index contributed by atoms with van der Waals surface area (Å²) in [4.78, 5) is 28.0. The summed E-state index contributed by atoms with van der Waals surface area (Å²) >= 11 is 6.36. The second-order valence-corrected chi connectivity index (χ2v) is 8.64. The molecule has 2 aromatic rings. The van der Waals surface area contributed by atoms with Crippen molar-refractivity contribution in [2.45, 2.75) is 71.0 Å². The predicted molar refractivity (Wildman–Crippen MR) is 121 cm³/mol. The number of nitrogens with zero attached hydrogens (tertiary/aromatic N) is 1. The molecular weight excluding hydrogens is 396 g/mol. The molecule has 2 aromatic carbocycles. The van der Waals surface area contributed by atoms with Crippen LogP contribution in [-0.2, 0) is 22.6 Å². The van der Waals surface area contributed by atoms with E-state index in [1.165, 1.54) is 6.42 Å². The van der Waals surface area contributed by atoms with E-state index in [4.69, 9.17) is 11.6 Å². The monoisotopic (exact) mass is 426 g/mol. The van der Waals surface area contributed by atoms with Gasteiger partial charge in [-0.15, -0.1) is 0 Å². The average Bonchev–Trinajstić information content (AvgIpc) is 2.75. The molecule has 2 amide bonds. The number of halogens is 1. The van der Waals surface area contributed by atoms with Gasteiger partial charge in [0.05, 0.1) is 6.42 Å². The van der Waals surface area contributed by atoms with Crippen molar-refractivity contribution in [1.29, 1.82) is 0 Å². The van der Waals surface area contributed by atoms with E-state index < -0.39 is 6.04 Å². The molecular formula is C25H31ClN2O2. The summed E-state index contributed by atoms with van der Waals surface area (Å²) in [6, 6.07) is 15.0. The Hall–Kier alpha value is -2.33. The highest BCUT2D eigenvalue weighted by atomic mass is 35.5. The van der Waals surface area contributed by atoms with Crippen LogP contribution >= 0.6 is 11.6 Å². The van der Waals surface area contributed by atoms with Crippen molar-refractivity contribution in [3.63, 3.8) is 0 Å². The molecule has 1 fully saturated rings. The molecule has 4 nitrogen and oxygen atoms in total. The number of rotatable bonds is 7. The minimum Gasteiger partial charge on any atom is -0.352 e. The van der Waals surface area contributed by atoms with Crippen LogP contribution in [0.2, 0.25) is 5.02 Å². The van der Waals surface area contributed by atoms with Crippen molar-refractivity contribution < 1.29 is 9.59 Å². The van der Waals surface area contributed by atoms with E-state index in [0.29, 0.717) is 11.6 Å². The topological polar surface area (TPSA) is 49.4 Å². The van der Waals surface area contributed by atoms with Gasteiger partial charge >= 0.3 is 0 Å². The molecule has 30 heavy (non-hydrogen) atoms. The third-order valence-electron chi connectivity index (χ3n) is 6.02. The number of carbonyl (C=O) groups excluding carboxylic acids is 2. The van der Waals surface area contributed by atoms with Crippen LogP contribution in [0.25, 0.3) is 0 Å². The highest BCUT2D eigenvalue weighted by Crippen LogP contribution is 2.21. The van der Waals surface area contributed by atoms with E-state index in [1.54, 1.807) is 4.90 Å². The van der Waals surface area contributed by atoms with Crippen molar-refractivity contribution in [2.24, 2.45) is 0 Å². The van der Waals surface area contributed by atoms with E-state index in [0.717, 1.165) is 42.4 Å². The largest absolute Gasteiger partial charge is 0.352 e. The van der Waals surface area contributed by atoms with Gasteiger partial charge in [-0.1, -0.05) is 73.3 Å². The molecule has 0 saturated heterocycles. The molecule has 0 aromatic heterocycles. The number of benzene rings is 2. The maximum absolute atomic E-state index is 13.3. The molecule has 5 heteroatoms. The number of amides is 2. The van der Waals surface area contributed by atoms with Crippen LogP contribution in [0.5, 0.6) is 0 Å². The molecule has 1 atom stereocenters. The van der Waals surface area contributed by atoms with Gasteiger partial charge in [-0.3, -0.25) is 9.59 Å². The lowest BCUT2D eigenvalue weighted by Crippen LogP contribution is -2.50. The van der Waals surface area contributed by atoms with Crippen molar-refractivity contribution >= 4 is 23.4 Å². The lowest BCUT2D eigenvalue weighted by atomic mass is 9.95. The fourth-order valence-corrected chi connectivity index (χ4v) is 4.23. The van der Waals surface area contributed by atoms with E-state index in [9.17, 15) is 9.59 Å². The van der Waals surface area contributed by atoms with E-state index in [1.807, 2.05) is 62.4 Å². The lowest BCUT2D eigenvalue weighted by molar-refractivity contribution is -0.140. The highest BCUT2D eigenvalue weighted by Gasteiger charge is 2.28. The zero-order valence-electron chi connectivity index (χ0n) is 17.9. The summed E-state index contributed by atoms with van der Waals surface area (Å²) in [6.45, 7) is 4.12. The quantitative estimate of drug-likeness (QED) is 0.672. The van der Waals surface area contributed by atoms with E-state index in [-0.39, 0.29) is 24.3 Å². The van der Waals surface area contributed by atoms with Crippen LogP contribution in [0.1, 0.15) is 55.7 Å². The van der Waals surface area contributed by atoms with Gasteiger partial charge < -0.3 is 10.2 Å². The Morgan fingerprint density at radius 3 is 2.33 bits per heavy atom. The summed E-state index contributed by atoms with van der Waals surface area (Å²) < 4.78 is 0. The summed E-state index contributed by atoms with van der Waals surface area (Å²) in [5.74, 6) is -0.164. The summed E-state index contributed by atoms with van der Waals surface area (Å²) in [5.41, 5.74) is 2.89. The molecule has 1 saturated carbocycles. The molecule has 0 heterocycles. The number of nitrogens with one attached hydrogen (secondary N) is 1. The molecule has 160 valence electrons. The first-order valence-electron chi connectivity index (χ1n) is 10.8.